The highest BCUT2D eigenvalue weighted by Crippen LogP contribution is 2.33. The molecule has 0 amide bonds. The van der Waals surface area contributed by atoms with Gasteiger partial charge in [0.2, 0.25) is 5.52 Å². The van der Waals surface area contributed by atoms with E-state index in [9.17, 15) is 0 Å². The van der Waals surface area contributed by atoms with Crippen LogP contribution in [0.1, 0.15) is 0 Å². The predicted octanol–water partition coefficient (Wildman–Crippen LogP) is 2.11. The zero-order valence-corrected chi connectivity index (χ0v) is 16.5. The number of fused-ring (bicyclic) bond motifs is 4. The first kappa shape index (κ1) is 17.7. The number of thiazole rings is 1. The van der Waals surface area contributed by atoms with Crippen molar-refractivity contribution >= 4 is 43.2 Å². The molecule has 0 radical (unpaired) electrons. The first-order chi connectivity index (χ1) is 12.7. The molecule has 5 heteroatoms. The number of aryl methyl sites for hydroxylation is 1. The van der Waals surface area contributed by atoms with E-state index in [0.29, 0.717) is 0 Å². The number of para-hydroxylation sites is 1. The Balaban J connectivity index is 0.00000180. The zero-order chi connectivity index (χ0) is 17.7. The van der Waals surface area contributed by atoms with Crippen LogP contribution >= 0.6 is 11.3 Å². The van der Waals surface area contributed by atoms with Gasteiger partial charge in [0, 0.05) is 22.4 Å². The van der Waals surface area contributed by atoms with E-state index in [-0.39, 0.29) is 12.4 Å². The van der Waals surface area contributed by atoms with Gasteiger partial charge in [0.25, 0.3) is 0 Å². The van der Waals surface area contributed by atoms with E-state index in [2.05, 4.69) is 66.3 Å². The molecule has 2 aromatic heterocycles. The lowest BCUT2D eigenvalue weighted by molar-refractivity contribution is -0.643. The van der Waals surface area contributed by atoms with E-state index in [1.807, 2.05) is 12.1 Å². The summed E-state index contributed by atoms with van der Waals surface area (Å²) >= 11 is 1.73. The Bertz CT molecular complexity index is 1260. The lowest BCUT2D eigenvalue weighted by Crippen LogP contribution is -3.00. The van der Waals surface area contributed by atoms with Gasteiger partial charge in [-0.25, -0.2) is 9.55 Å². The van der Waals surface area contributed by atoms with E-state index >= 15 is 0 Å². The number of methoxy groups -OCH3 is 1. The maximum atomic E-state index is 5.44. The fourth-order valence-corrected chi connectivity index (χ4v) is 4.44. The monoisotopic (exact) mass is 392 g/mol. The highest BCUT2D eigenvalue weighted by Gasteiger charge is 2.14. The number of halogens is 1. The van der Waals surface area contributed by atoms with Crippen molar-refractivity contribution in [2.45, 2.75) is 0 Å². The van der Waals surface area contributed by atoms with Gasteiger partial charge in [-0.1, -0.05) is 12.1 Å². The fraction of sp³-hybridized carbons (Fsp3) is 0.0909. The third-order valence-electron chi connectivity index (χ3n) is 4.80. The summed E-state index contributed by atoms with van der Waals surface area (Å²) in [5, 5.41) is 4.65. The normalized spacial score (nSPS) is 11.0. The second kappa shape index (κ2) is 6.80. The van der Waals surface area contributed by atoms with Gasteiger partial charge in [0.05, 0.1) is 22.7 Å². The topological polar surface area (TPSA) is 26.0 Å². The van der Waals surface area contributed by atoms with Gasteiger partial charge in [-0.3, -0.25) is 0 Å². The van der Waals surface area contributed by atoms with Crippen molar-refractivity contribution in [1.82, 2.24) is 4.98 Å². The molecule has 0 saturated heterocycles. The molecular weight excluding hydrogens is 376 g/mol. The summed E-state index contributed by atoms with van der Waals surface area (Å²) in [6.45, 7) is 0. The number of hydrogen-bond acceptors (Lipinski definition) is 3. The number of pyridine rings is 1. The molecule has 0 aliphatic carbocycles. The van der Waals surface area contributed by atoms with Crippen molar-refractivity contribution in [2.24, 2.45) is 7.05 Å². The van der Waals surface area contributed by atoms with Gasteiger partial charge in [-0.05, 0) is 42.5 Å². The van der Waals surface area contributed by atoms with E-state index in [0.717, 1.165) is 21.8 Å². The van der Waals surface area contributed by atoms with Crippen LogP contribution in [0.5, 0.6) is 5.75 Å². The Hall–Kier alpha value is -2.69. The minimum absolute atomic E-state index is 0. The Labute approximate surface area is 167 Å². The Morgan fingerprint density at radius 3 is 2.63 bits per heavy atom. The van der Waals surface area contributed by atoms with Crippen molar-refractivity contribution < 1.29 is 21.7 Å². The van der Waals surface area contributed by atoms with Gasteiger partial charge >= 0.3 is 0 Å². The Kier molecular flexibility index (Phi) is 4.46. The predicted molar refractivity (Wildman–Crippen MR) is 108 cm³/mol. The van der Waals surface area contributed by atoms with Crippen LogP contribution in [0.3, 0.4) is 0 Å². The highest BCUT2D eigenvalue weighted by atomic mass is 35.5. The third-order valence-corrected chi connectivity index (χ3v) is 5.89. The molecule has 5 aromatic rings. The Morgan fingerprint density at radius 2 is 1.81 bits per heavy atom. The summed E-state index contributed by atoms with van der Waals surface area (Å²) in [6, 6.07) is 21.1. The van der Waals surface area contributed by atoms with Gasteiger partial charge in [-0.2, -0.15) is 0 Å². The lowest BCUT2D eigenvalue weighted by Gasteiger charge is -2.06. The minimum atomic E-state index is 0. The summed E-state index contributed by atoms with van der Waals surface area (Å²) in [7, 11) is 3.79. The average Bonchev–Trinajstić information content (AvgIpc) is 3.12. The van der Waals surface area contributed by atoms with Gasteiger partial charge < -0.3 is 17.1 Å². The molecule has 5 rings (SSSR count). The molecular formula is C22H17ClN2OS. The summed E-state index contributed by atoms with van der Waals surface area (Å²) in [5.74, 6) is 0.873. The van der Waals surface area contributed by atoms with Crippen LogP contribution in [0.4, 0.5) is 0 Å². The van der Waals surface area contributed by atoms with E-state index in [1.165, 1.54) is 26.4 Å². The molecule has 27 heavy (non-hydrogen) atoms. The molecule has 2 heterocycles. The second-order valence-electron chi connectivity index (χ2n) is 6.41. The van der Waals surface area contributed by atoms with Crippen LogP contribution in [0.25, 0.3) is 42.5 Å². The maximum Gasteiger partial charge on any atom is 0.212 e. The molecule has 0 saturated carbocycles. The van der Waals surface area contributed by atoms with Crippen LogP contribution in [0.15, 0.2) is 66.9 Å². The first-order valence-electron chi connectivity index (χ1n) is 8.49. The standard InChI is InChI=1S/C22H17N2OS.ClH/c1-24-13-15-7-9-16(25-2)12-17(15)18-11-14(8-10-20(18)24)22-23-19-5-3-4-6-21(19)26-22;/h3-13H,1-2H3;1H/q+1;/p-1. The highest BCUT2D eigenvalue weighted by molar-refractivity contribution is 7.21. The number of nitrogens with zero attached hydrogens (tertiary/aromatic N) is 2. The van der Waals surface area contributed by atoms with Crippen molar-refractivity contribution in [3.8, 4) is 16.3 Å². The number of rotatable bonds is 2. The van der Waals surface area contributed by atoms with E-state index in [4.69, 9.17) is 9.72 Å². The summed E-state index contributed by atoms with van der Waals surface area (Å²) < 4.78 is 8.83. The number of benzene rings is 3. The van der Waals surface area contributed by atoms with Gasteiger partial charge in [-0.15, -0.1) is 11.3 Å². The van der Waals surface area contributed by atoms with Gasteiger partial charge in [0.15, 0.2) is 6.20 Å². The lowest BCUT2D eigenvalue weighted by atomic mass is 10.0. The van der Waals surface area contributed by atoms with Crippen LogP contribution in [0, 0.1) is 0 Å². The molecule has 3 aromatic carbocycles. The third kappa shape index (κ3) is 2.91. The second-order valence-corrected chi connectivity index (χ2v) is 7.44. The van der Waals surface area contributed by atoms with Crippen molar-refractivity contribution in [3.05, 3.63) is 66.9 Å². The summed E-state index contributed by atoms with van der Waals surface area (Å²) in [5.41, 5.74) is 3.39. The number of aromatic nitrogens is 2. The smallest absolute Gasteiger partial charge is 0.212 e. The summed E-state index contributed by atoms with van der Waals surface area (Å²) in [4.78, 5) is 4.81. The van der Waals surface area contributed by atoms with E-state index in [1.54, 1.807) is 18.4 Å². The fourth-order valence-electron chi connectivity index (χ4n) is 3.47. The molecule has 0 fully saturated rings. The van der Waals surface area contributed by atoms with E-state index < -0.39 is 0 Å². The first-order valence-corrected chi connectivity index (χ1v) is 9.31. The minimum Gasteiger partial charge on any atom is -1.00 e. The molecule has 0 unspecified atom stereocenters. The molecule has 134 valence electrons. The zero-order valence-electron chi connectivity index (χ0n) is 14.9. The molecule has 0 aliphatic rings. The van der Waals surface area contributed by atoms with Crippen LogP contribution in [-0.2, 0) is 7.05 Å². The molecule has 0 bridgehead atoms. The van der Waals surface area contributed by atoms with Crippen molar-refractivity contribution in [3.63, 3.8) is 0 Å². The largest absolute Gasteiger partial charge is 1.00 e. The molecule has 0 atom stereocenters. The maximum absolute atomic E-state index is 5.44. The number of hydrogen-bond donors (Lipinski definition) is 0. The molecule has 3 nitrogen and oxygen atoms in total. The van der Waals surface area contributed by atoms with Crippen molar-refractivity contribution in [1.29, 1.82) is 0 Å². The quantitative estimate of drug-likeness (QED) is 0.340. The number of ether oxygens (including phenoxy) is 1. The average molecular weight is 393 g/mol. The molecule has 0 N–H and O–H groups in total. The van der Waals surface area contributed by atoms with Gasteiger partial charge in [0.1, 0.15) is 17.8 Å². The van der Waals surface area contributed by atoms with Crippen LogP contribution < -0.4 is 21.7 Å². The van der Waals surface area contributed by atoms with Crippen molar-refractivity contribution in [2.75, 3.05) is 7.11 Å². The van der Waals surface area contributed by atoms with Crippen LogP contribution in [0.2, 0.25) is 0 Å². The SMILES string of the molecule is COc1ccc2c[n+](C)c3ccc(-c4nc5ccccc5s4)cc3c2c1.[Cl-]. The Morgan fingerprint density at radius 1 is 0.963 bits per heavy atom. The van der Waals surface area contributed by atoms with Crippen LogP contribution in [-0.4, -0.2) is 12.1 Å². The molecule has 0 aliphatic heterocycles. The summed E-state index contributed by atoms with van der Waals surface area (Å²) in [6.07, 6.45) is 2.16. The molecule has 0 spiro atoms.